The number of rotatable bonds is 8. The third kappa shape index (κ3) is 6.45. The van der Waals surface area contributed by atoms with Crippen LogP contribution in [0.3, 0.4) is 0 Å². The molecule has 4 N–H and O–H groups in total. The van der Waals surface area contributed by atoms with Crippen LogP contribution >= 0.6 is 0 Å². The van der Waals surface area contributed by atoms with Crippen molar-refractivity contribution in [1.82, 2.24) is 4.57 Å². The van der Waals surface area contributed by atoms with Crippen molar-refractivity contribution in [3.63, 3.8) is 0 Å². The van der Waals surface area contributed by atoms with E-state index in [1.165, 1.54) is 0 Å². The summed E-state index contributed by atoms with van der Waals surface area (Å²) in [6, 6.07) is 3.06. The molecule has 1 heterocycles. The average molecular weight is 575 g/mol. The lowest BCUT2D eigenvalue weighted by molar-refractivity contribution is -0.202. The molecule has 3 rings (SSSR count). The Morgan fingerprint density at radius 2 is 1.50 bits per heavy atom. The first-order valence-electron chi connectivity index (χ1n) is 10.8. The Balaban J connectivity index is 1.82. The van der Waals surface area contributed by atoms with Crippen LogP contribution in [0.1, 0.15) is 22.3 Å². The van der Waals surface area contributed by atoms with Crippen LogP contribution in [-0.2, 0) is 14.3 Å². The van der Waals surface area contributed by atoms with Gasteiger partial charge in [0.2, 0.25) is 0 Å². The normalized spacial score (nSPS) is 12.1. The van der Waals surface area contributed by atoms with Gasteiger partial charge < -0.3 is 20.9 Å². The summed E-state index contributed by atoms with van der Waals surface area (Å²) in [6.07, 6.45) is -5.97. The molecule has 1 atom stereocenters. The summed E-state index contributed by atoms with van der Waals surface area (Å²) < 4.78 is 103. The monoisotopic (exact) mass is 575 g/mol. The van der Waals surface area contributed by atoms with Crippen LogP contribution in [0.4, 0.5) is 36.6 Å². The summed E-state index contributed by atoms with van der Waals surface area (Å²) in [7, 11) is 0. The van der Waals surface area contributed by atoms with Crippen LogP contribution in [0.15, 0.2) is 47.3 Å². The molecule has 1 aromatic heterocycles. The number of ketones is 1. The third-order valence-corrected chi connectivity index (χ3v) is 5.19. The summed E-state index contributed by atoms with van der Waals surface area (Å²) in [4.78, 5) is 47.3. The number of hydrogen-bond acceptors (Lipinski definition) is 8. The Morgan fingerprint density at radius 1 is 0.900 bits per heavy atom. The van der Waals surface area contributed by atoms with Gasteiger partial charge in [0.05, 0.1) is 17.7 Å². The van der Waals surface area contributed by atoms with Gasteiger partial charge in [-0.25, -0.2) is 27.2 Å². The number of pyridine rings is 1. The van der Waals surface area contributed by atoms with E-state index in [4.69, 9.17) is 16.2 Å². The van der Waals surface area contributed by atoms with Crippen molar-refractivity contribution in [2.75, 3.05) is 12.3 Å². The second kappa shape index (κ2) is 11.6. The molecular weight excluding hydrogens is 559 g/mol. The lowest BCUT2D eigenvalue weighted by Gasteiger charge is -2.16. The van der Waals surface area contributed by atoms with Gasteiger partial charge in [0, 0.05) is 30.7 Å². The number of nitrogen functional groups attached to an aromatic ring is 1. The highest BCUT2D eigenvalue weighted by atomic mass is 19.4. The van der Waals surface area contributed by atoms with Gasteiger partial charge in [0.15, 0.2) is 17.4 Å². The van der Waals surface area contributed by atoms with E-state index in [1.807, 2.05) is 0 Å². The van der Waals surface area contributed by atoms with Gasteiger partial charge in [0.1, 0.15) is 34.9 Å². The van der Waals surface area contributed by atoms with E-state index < -0.39 is 100 Å². The van der Waals surface area contributed by atoms with Gasteiger partial charge >= 0.3 is 18.1 Å². The topological polar surface area (TPSA) is 144 Å². The predicted molar refractivity (Wildman–Crippen MR) is 121 cm³/mol. The Bertz CT molecular complexity index is 1530. The maximum absolute atomic E-state index is 14.9. The fourth-order valence-corrected chi connectivity index (χ4v) is 3.28. The Kier molecular flexibility index (Phi) is 8.62. The van der Waals surface area contributed by atoms with Gasteiger partial charge in [-0.1, -0.05) is 0 Å². The average Bonchev–Trinajstić information content (AvgIpc) is 2.84. The maximum Gasteiger partial charge on any atom is 0.491 e. The van der Waals surface area contributed by atoms with Crippen molar-refractivity contribution in [3.05, 3.63) is 87.2 Å². The van der Waals surface area contributed by atoms with Crippen molar-refractivity contribution >= 4 is 23.5 Å². The van der Waals surface area contributed by atoms with E-state index in [-0.39, 0.29) is 0 Å². The minimum absolute atomic E-state index is 0.298. The summed E-state index contributed by atoms with van der Waals surface area (Å²) in [5.74, 6) is -12.0. The standard InChI is InChI=1S/C24H16F7N3O6/c25-10-1-2-12(14(26)7-10)20(36)13-3-4-18(35)34(21(13)33)19-15(27)8-11(9-16(19)28)39-6-5-17(32)22(37)40-23(38)24(29,30)31/h1-4,7-9,17H,5-6,32-33H2/t17-/m1/s1. The molecule has 0 unspecified atom stereocenters. The lowest BCUT2D eigenvalue weighted by atomic mass is 10.0. The summed E-state index contributed by atoms with van der Waals surface area (Å²) in [5, 5.41) is 0. The molecule has 0 saturated carbocycles. The zero-order valence-electron chi connectivity index (χ0n) is 19.7. The van der Waals surface area contributed by atoms with E-state index in [1.54, 1.807) is 0 Å². The van der Waals surface area contributed by atoms with Crippen molar-refractivity contribution in [1.29, 1.82) is 0 Å². The van der Waals surface area contributed by atoms with Crippen LogP contribution in [0, 0.1) is 23.3 Å². The molecule has 0 saturated heterocycles. The fraction of sp³-hybridized carbons (Fsp3) is 0.167. The van der Waals surface area contributed by atoms with Crippen molar-refractivity contribution < 1.29 is 54.6 Å². The first-order chi connectivity index (χ1) is 18.6. The SMILES string of the molecule is Nc1c(C(=O)c2ccc(F)cc2F)ccc(=O)n1-c1c(F)cc(OCC[C@@H](N)C(=O)OC(=O)C(F)(F)F)cc1F. The number of halogens is 7. The Hall–Kier alpha value is -4.73. The smallest absolute Gasteiger partial charge is 0.491 e. The molecule has 0 aliphatic heterocycles. The second-order valence-electron chi connectivity index (χ2n) is 7.94. The largest absolute Gasteiger partial charge is 0.493 e. The number of ether oxygens (including phenoxy) is 2. The number of hydrogen-bond donors (Lipinski definition) is 2. The van der Waals surface area contributed by atoms with Crippen LogP contribution in [0.25, 0.3) is 5.69 Å². The van der Waals surface area contributed by atoms with Crippen molar-refractivity contribution in [2.24, 2.45) is 5.73 Å². The van der Waals surface area contributed by atoms with Gasteiger partial charge in [-0.15, -0.1) is 0 Å². The summed E-state index contributed by atoms with van der Waals surface area (Å²) in [6.45, 7) is -0.579. The second-order valence-corrected chi connectivity index (χ2v) is 7.94. The Morgan fingerprint density at radius 3 is 2.08 bits per heavy atom. The first-order valence-corrected chi connectivity index (χ1v) is 10.8. The predicted octanol–water partition coefficient (Wildman–Crippen LogP) is 2.94. The third-order valence-electron chi connectivity index (χ3n) is 5.19. The molecule has 40 heavy (non-hydrogen) atoms. The van der Waals surface area contributed by atoms with Crippen molar-refractivity contribution in [3.8, 4) is 11.4 Å². The zero-order chi connectivity index (χ0) is 29.9. The number of benzene rings is 2. The summed E-state index contributed by atoms with van der Waals surface area (Å²) in [5.41, 5.74) is 7.87. The van der Waals surface area contributed by atoms with Crippen LogP contribution in [0.2, 0.25) is 0 Å². The molecule has 0 radical (unpaired) electrons. The van der Waals surface area contributed by atoms with Crippen LogP contribution < -0.4 is 21.8 Å². The number of nitrogens with zero attached hydrogens (tertiary/aromatic N) is 1. The number of anilines is 1. The molecule has 2 aromatic carbocycles. The van der Waals surface area contributed by atoms with E-state index in [9.17, 15) is 49.9 Å². The highest BCUT2D eigenvalue weighted by Crippen LogP contribution is 2.27. The van der Waals surface area contributed by atoms with E-state index in [0.717, 1.165) is 24.3 Å². The molecule has 0 amide bonds. The van der Waals surface area contributed by atoms with Gasteiger partial charge in [-0.2, -0.15) is 13.2 Å². The molecule has 3 aromatic rings. The molecule has 9 nitrogen and oxygen atoms in total. The molecule has 16 heteroatoms. The number of esters is 2. The van der Waals surface area contributed by atoms with E-state index in [2.05, 4.69) is 4.74 Å². The fourth-order valence-electron chi connectivity index (χ4n) is 3.28. The number of alkyl halides is 3. The molecule has 0 aliphatic carbocycles. The molecule has 0 fully saturated rings. The van der Waals surface area contributed by atoms with Crippen LogP contribution in [-0.4, -0.2) is 41.1 Å². The molecule has 0 aliphatic rings. The quantitative estimate of drug-likeness (QED) is 0.181. The molecule has 0 bridgehead atoms. The highest BCUT2D eigenvalue weighted by molar-refractivity contribution is 6.11. The number of nitrogens with two attached hydrogens (primary N) is 2. The van der Waals surface area contributed by atoms with Gasteiger partial charge in [0.25, 0.3) is 5.56 Å². The maximum atomic E-state index is 14.9. The molecular formula is C24H16F7N3O6. The minimum atomic E-state index is -5.43. The first kappa shape index (κ1) is 29.8. The molecule has 212 valence electrons. The zero-order valence-corrected chi connectivity index (χ0v) is 19.7. The Labute approximate surface area is 218 Å². The van der Waals surface area contributed by atoms with Gasteiger partial charge in [-0.3, -0.25) is 14.2 Å². The molecule has 0 spiro atoms. The van der Waals surface area contributed by atoms with Crippen molar-refractivity contribution in [2.45, 2.75) is 18.6 Å². The highest BCUT2D eigenvalue weighted by Gasteiger charge is 2.43. The van der Waals surface area contributed by atoms with E-state index in [0.29, 0.717) is 22.8 Å². The number of aromatic nitrogens is 1. The number of carbonyl (C=O) groups is 3. The van der Waals surface area contributed by atoms with Gasteiger partial charge in [-0.05, 0) is 18.2 Å². The minimum Gasteiger partial charge on any atom is -0.493 e. The summed E-state index contributed by atoms with van der Waals surface area (Å²) >= 11 is 0. The van der Waals surface area contributed by atoms with Crippen LogP contribution in [0.5, 0.6) is 5.75 Å². The lowest BCUT2D eigenvalue weighted by Crippen LogP contribution is -2.38. The van der Waals surface area contributed by atoms with E-state index >= 15 is 0 Å². The number of carbonyl (C=O) groups excluding carboxylic acids is 3.